The maximum Gasteiger partial charge on any atom is 0.0917 e. The molecule has 0 spiro atoms. The second-order valence-electron chi connectivity index (χ2n) is 3.87. The van der Waals surface area contributed by atoms with Gasteiger partial charge >= 0.3 is 0 Å². The van der Waals surface area contributed by atoms with Crippen LogP contribution >= 0.6 is 15.9 Å². The lowest BCUT2D eigenvalue weighted by Gasteiger charge is -2.22. The van der Waals surface area contributed by atoms with E-state index in [4.69, 9.17) is 5.26 Å². The lowest BCUT2D eigenvalue weighted by Crippen LogP contribution is -2.29. The van der Waals surface area contributed by atoms with E-state index >= 15 is 0 Å². The van der Waals surface area contributed by atoms with Crippen LogP contribution in [0.25, 0.3) is 0 Å². The third kappa shape index (κ3) is 4.86. The highest BCUT2D eigenvalue weighted by Gasteiger charge is 2.12. The van der Waals surface area contributed by atoms with Gasteiger partial charge in [-0.25, -0.2) is 0 Å². The molecule has 1 unspecified atom stereocenters. The summed E-state index contributed by atoms with van der Waals surface area (Å²) in [5.41, 5.74) is 0.898. The number of likely N-dealkylation sites (N-methyl/N-ethyl adjacent to an activating group) is 1. The van der Waals surface area contributed by atoms with Gasteiger partial charge in [0.1, 0.15) is 0 Å². The van der Waals surface area contributed by atoms with Crippen LogP contribution in [-0.4, -0.2) is 29.6 Å². The molecule has 1 aromatic carbocycles. The maximum absolute atomic E-state index is 10.1. The molecule has 0 aromatic heterocycles. The highest BCUT2D eigenvalue weighted by molar-refractivity contribution is 9.10. The van der Waals surface area contributed by atoms with Gasteiger partial charge in [0.15, 0.2) is 0 Å². The van der Waals surface area contributed by atoms with Crippen molar-refractivity contribution in [3.05, 3.63) is 34.3 Å². The van der Waals surface area contributed by atoms with Crippen LogP contribution in [0.2, 0.25) is 0 Å². The van der Waals surface area contributed by atoms with Crippen molar-refractivity contribution < 1.29 is 5.11 Å². The fourth-order valence-electron chi connectivity index (χ4n) is 1.65. The summed E-state index contributed by atoms with van der Waals surface area (Å²) in [4.78, 5) is 2.08. The number of nitrogens with zero attached hydrogens (tertiary/aromatic N) is 2. The van der Waals surface area contributed by atoms with Gasteiger partial charge < -0.3 is 5.11 Å². The molecule has 0 heterocycles. The number of nitriles is 1. The fraction of sp³-hybridized carbons (Fsp3) is 0.462. The molecule has 4 heteroatoms. The normalized spacial score (nSPS) is 12.4. The molecule has 0 radical (unpaired) electrons. The summed E-state index contributed by atoms with van der Waals surface area (Å²) in [5, 5.41) is 18.7. The number of rotatable bonds is 6. The monoisotopic (exact) mass is 296 g/mol. The van der Waals surface area contributed by atoms with Crippen molar-refractivity contribution in [3.8, 4) is 6.07 Å². The Labute approximate surface area is 111 Å². The minimum atomic E-state index is -0.508. The van der Waals surface area contributed by atoms with E-state index in [1.165, 1.54) is 0 Å². The second-order valence-corrected chi connectivity index (χ2v) is 4.79. The Morgan fingerprint density at radius 1 is 1.53 bits per heavy atom. The van der Waals surface area contributed by atoms with Crippen molar-refractivity contribution in [2.24, 2.45) is 0 Å². The molecule has 0 aliphatic rings. The standard InChI is InChI=1S/C13H17BrN2O/c1-2-16(8-4-7-15)10-13(17)11-5-3-6-12(14)9-11/h3,5-6,9,13,17H,2,4,8,10H2,1H3. The minimum absolute atomic E-state index is 0.499. The first-order chi connectivity index (χ1) is 8.17. The van der Waals surface area contributed by atoms with Crippen molar-refractivity contribution in [2.75, 3.05) is 19.6 Å². The molecule has 17 heavy (non-hydrogen) atoms. The molecule has 1 N–H and O–H groups in total. The van der Waals surface area contributed by atoms with E-state index in [1.54, 1.807) is 0 Å². The summed E-state index contributed by atoms with van der Waals surface area (Å²) in [6.07, 6.45) is -0.00915. The lowest BCUT2D eigenvalue weighted by atomic mass is 10.1. The van der Waals surface area contributed by atoms with E-state index < -0.39 is 6.10 Å². The van der Waals surface area contributed by atoms with E-state index in [2.05, 4.69) is 26.9 Å². The second kappa shape index (κ2) is 7.44. The largest absolute Gasteiger partial charge is 0.387 e. The first-order valence-electron chi connectivity index (χ1n) is 5.70. The molecular weight excluding hydrogens is 280 g/mol. The third-order valence-electron chi connectivity index (χ3n) is 2.65. The number of aliphatic hydroxyl groups is 1. The third-order valence-corrected chi connectivity index (χ3v) is 3.14. The summed E-state index contributed by atoms with van der Waals surface area (Å²) in [6.45, 7) is 4.14. The Morgan fingerprint density at radius 3 is 2.88 bits per heavy atom. The zero-order valence-electron chi connectivity index (χ0n) is 9.93. The molecular formula is C13H17BrN2O. The van der Waals surface area contributed by atoms with Gasteiger partial charge in [0.25, 0.3) is 0 Å². The Hall–Kier alpha value is -0.890. The van der Waals surface area contributed by atoms with Crippen LogP contribution in [0.3, 0.4) is 0 Å². The van der Waals surface area contributed by atoms with Crippen molar-refractivity contribution >= 4 is 15.9 Å². The highest BCUT2D eigenvalue weighted by Crippen LogP contribution is 2.19. The number of aliphatic hydroxyl groups excluding tert-OH is 1. The van der Waals surface area contributed by atoms with Gasteiger partial charge in [-0.15, -0.1) is 0 Å². The zero-order valence-corrected chi connectivity index (χ0v) is 11.5. The van der Waals surface area contributed by atoms with E-state index in [0.717, 1.165) is 16.6 Å². The summed E-state index contributed by atoms with van der Waals surface area (Å²) < 4.78 is 0.967. The zero-order chi connectivity index (χ0) is 12.7. The fourth-order valence-corrected chi connectivity index (χ4v) is 2.07. The summed E-state index contributed by atoms with van der Waals surface area (Å²) in [5.74, 6) is 0. The molecule has 92 valence electrons. The Bertz CT molecular complexity index is 389. The number of benzene rings is 1. The number of hydrogen-bond acceptors (Lipinski definition) is 3. The minimum Gasteiger partial charge on any atom is -0.387 e. The van der Waals surface area contributed by atoms with Crippen LogP contribution in [0, 0.1) is 11.3 Å². The summed E-state index contributed by atoms with van der Waals surface area (Å²) >= 11 is 3.39. The maximum atomic E-state index is 10.1. The van der Waals surface area contributed by atoms with E-state index in [0.29, 0.717) is 19.5 Å². The molecule has 1 rings (SSSR count). The van der Waals surface area contributed by atoms with Gasteiger partial charge in [-0.1, -0.05) is 35.0 Å². The number of hydrogen-bond donors (Lipinski definition) is 1. The van der Waals surface area contributed by atoms with Crippen LogP contribution in [0.4, 0.5) is 0 Å². The lowest BCUT2D eigenvalue weighted by molar-refractivity contribution is 0.117. The van der Waals surface area contributed by atoms with E-state index in [9.17, 15) is 5.11 Å². The predicted molar refractivity (Wildman–Crippen MR) is 71.4 cm³/mol. The van der Waals surface area contributed by atoms with Gasteiger partial charge in [-0.05, 0) is 24.2 Å². The first-order valence-corrected chi connectivity index (χ1v) is 6.49. The first kappa shape index (κ1) is 14.2. The van der Waals surface area contributed by atoms with Gasteiger partial charge in [0.05, 0.1) is 12.2 Å². The molecule has 0 saturated carbocycles. The predicted octanol–water partition coefficient (Wildman–Crippen LogP) is 2.72. The molecule has 0 fully saturated rings. The van der Waals surface area contributed by atoms with Crippen LogP contribution in [0.15, 0.2) is 28.7 Å². The molecule has 1 aromatic rings. The molecule has 0 aliphatic heterocycles. The summed E-state index contributed by atoms with van der Waals surface area (Å²) in [6, 6.07) is 9.80. The van der Waals surface area contributed by atoms with Crippen LogP contribution in [0.5, 0.6) is 0 Å². The quantitative estimate of drug-likeness (QED) is 0.878. The van der Waals surface area contributed by atoms with E-state index in [1.807, 2.05) is 31.2 Å². The van der Waals surface area contributed by atoms with Gasteiger partial charge in [-0.2, -0.15) is 5.26 Å². The Balaban J connectivity index is 2.58. The van der Waals surface area contributed by atoms with Gasteiger partial charge in [-0.3, -0.25) is 4.90 Å². The molecule has 0 saturated heterocycles. The molecule has 3 nitrogen and oxygen atoms in total. The van der Waals surface area contributed by atoms with Crippen LogP contribution in [-0.2, 0) is 0 Å². The van der Waals surface area contributed by atoms with Gasteiger partial charge in [0.2, 0.25) is 0 Å². The highest BCUT2D eigenvalue weighted by atomic mass is 79.9. The van der Waals surface area contributed by atoms with Crippen molar-refractivity contribution in [3.63, 3.8) is 0 Å². The van der Waals surface area contributed by atoms with Crippen molar-refractivity contribution in [2.45, 2.75) is 19.4 Å². The Kier molecular flexibility index (Phi) is 6.20. The average Bonchev–Trinajstić information content (AvgIpc) is 2.34. The van der Waals surface area contributed by atoms with Crippen LogP contribution < -0.4 is 0 Å². The molecule has 1 atom stereocenters. The van der Waals surface area contributed by atoms with E-state index in [-0.39, 0.29) is 0 Å². The van der Waals surface area contributed by atoms with Gasteiger partial charge in [0, 0.05) is 24.0 Å². The van der Waals surface area contributed by atoms with Crippen molar-refractivity contribution in [1.29, 1.82) is 5.26 Å². The SMILES string of the molecule is CCN(CCC#N)CC(O)c1cccc(Br)c1. The molecule has 0 bridgehead atoms. The van der Waals surface area contributed by atoms with Crippen molar-refractivity contribution in [1.82, 2.24) is 4.90 Å². The smallest absolute Gasteiger partial charge is 0.0917 e. The van der Waals surface area contributed by atoms with Crippen LogP contribution in [0.1, 0.15) is 25.0 Å². The number of halogens is 1. The summed E-state index contributed by atoms with van der Waals surface area (Å²) in [7, 11) is 0. The topological polar surface area (TPSA) is 47.3 Å². The Morgan fingerprint density at radius 2 is 2.29 bits per heavy atom. The average molecular weight is 297 g/mol. The molecule has 0 aliphatic carbocycles. The molecule has 0 amide bonds.